The summed E-state index contributed by atoms with van der Waals surface area (Å²) in [5, 5.41) is 11.2. The predicted octanol–water partition coefficient (Wildman–Crippen LogP) is 8.34. The van der Waals surface area contributed by atoms with Crippen molar-refractivity contribution in [1.82, 2.24) is 20.4 Å². The zero-order chi connectivity index (χ0) is 47.4. The first kappa shape index (κ1) is 48.1. The maximum Gasteiger partial charge on any atom is 0.410 e. The Labute approximate surface area is 385 Å². The van der Waals surface area contributed by atoms with Crippen LogP contribution in [0.2, 0.25) is 0 Å². The maximum atomic E-state index is 13.6. The molecule has 0 bridgehead atoms. The zero-order valence-corrected chi connectivity index (χ0v) is 38.1. The van der Waals surface area contributed by atoms with Crippen LogP contribution in [-0.4, -0.2) is 94.4 Å². The number of nitrogens with one attached hydrogen (secondary N) is 4. The number of likely N-dealkylation sites (tertiary alicyclic amines) is 2. The highest BCUT2D eigenvalue weighted by Gasteiger charge is 2.44. The number of amides is 6. The van der Waals surface area contributed by atoms with Gasteiger partial charge in [0.1, 0.15) is 37.5 Å². The molecule has 2 heterocycles. The van der Waals surface area contributed by atoms with Gasteiger partial charge in [0, 0.05) is 35.3 Å². The van der Waals surface area contributed by atoms with Crippen LogP contribution in [0.5, 0.6) is 0 Å². The molecule has 4 aromatic rings. The van der Waals surface area contributed by atoms with E-state index >= 15 is 0 Å². The quantitative estimate of drug-likeness (QED) is 0.0793. The molecule has 4 N–H and O–H groups in total. The van der Waals surface area contributed by atoms with Crippen LogP contribution in [0.1, 0.15) is 76.6 Å². The van der Waals surface area contributed by atoms with Gasteiger partial charge in [-0.1, -0.05) is 97.1 Å². The minimum Gasteiger partial charge on any atom is -0.445 e. The first-order chi connectivity index (χ1) is 31.4. The van der Waals surface area contributed by atoms with E-state index in [4.69, 9.17) is 18.9 Å². The molecule has 6 rings (SSSR count). The second kappa shape index (κ2) is 21.5. The van der Waals surface area contributed by atoms with E-state index in [9.17, 15) is 28.8 Å². The zero-order valence-electron chi connectivity index (χ0n) is 38.1. The van der Waals surface area contributed by atoms with Crippen LogP contribution in [0.4, 0.5) is 30.6 Å². The normalized spacial score (nSPS) is 18.3. The van der Waals surface area contributed by atoms with E-state index in [-0.39, 0.29) is 39.1 Å². The number of ether oxygens (including phenoxy) is 4. The molecule has 16 heteroatoms. The van der Waals surface area contributed by atoms with Crippen LogP contribution in [0, 0.1) is 0 Å². The molecule has 2 fully saturated rings. The van der Waals surface area contributed by atoms with Crippen LogP contribution in [0.3, 0.4) is 0 Å². The van der Waals surface area contributed by atoms with Crippen molar-refractivity contribution in [3.05, 3.63) is 131 Å². The summed E-state index contributed by atoms with van der Waals surface area (Å²) in [6.45, 7) is 10.9. The Balaban J connectivity index is 1.04. The molecule has 0 aliphatic carbocycles. The lowest BCUT2D eigenvalue weighted by Crippen LogP contribution is -2.44. The van der Waals surface area contributed by atoms with E-state index in [1.165, 1.54) is 9.80 Å². The lowest BCUT2D eigenvalue weighted by Gasteiger charge is -2.23. The summed E-state index contributed by atoms with van der Waals surface area (Å²) in [5.41, 5.74) is 3.18. The number of rotatable bonds is 12. The predicted molar refractivity (Wildman–Crippen MR) is 249 cm³/mol. The molecular weight excluding hydrogens is 845 g/mol. The fourth-order valence-electron chi connectivity index (χ4n) is 7.24. The van der Waals surface area contributed by atoms with Gasteiger partial charge in [-0.05, 0) is 88.1 Å². The van der Waals surface area contributed by atoms with Gasteiger partial charge in [0.05, 0.1) is 13.1 Å². The molecule has 4 atom stereocenters. The van der Waals surface area contributed by atoms with Gasteiger partial charge in [0.15, 0.2) is 0 Å². The van der Waals surface area contributed by atoms with E-state index in [0.29, 0.717) is 11.4 Å². The Bertz CT molecular complexity index is 2180. The lowest BCUT2D eigenvalue weighted by atomic mass is 10.1. The van der Waals surface area contributed by atoms with E-state index in [0.717, 1.165) is 22.3 Å². The second-order valence-electron chi connectivity index (χ2n) is 18.2. The summed E-state index contributed by atoms with van der Waals surface area (Å²) in [5.74, 6) is -0.908. The molecule has 0 saturated carbocycles. The van der Waals surface area contributed by atoms with Crippen molar-refractivity contribution < 1.29 is 47.7 Å². The van der Waals surface area contributed by atoms with Gasteiger partial charge in [0.25, 0.3) is 0 Å². The topological polar surface area (TPSA) is 194 Å². The third-order valence-corrected chi connectivity index (χ3v) is 10.3. The molecule has 2 aliphatic heterocycles. The third-order valence-electron chi connectivity index (χ3n) is 10.3. The van der Waals surface area contributed by atoms with Gasteiger partial charge in [0.2, 0.25) is 11.8 Å². The number of carbonyl (C=O) groups excluding carboxylic acids is 6. The molecule has 6 amide bonds. The van der Waals surface area contributed by atoms with Crippen LogP contribution in [0.25, 0.3) is 12.2 Å². The molecule has 2 aliphatic rings. The van der Waals surface area contributed by atoms with Gasteiger partial charge in [-0.2, -0.15) is 0 Å². The van der Waals surface area contributed by atoms with Crippen LogP contribution >= 0.6 is 0 Å². The number of benzene rings is 4. The number of alkyl carbamates (subject to hydrolysis) is 2. The van der Waals surface area contributed by atoms with Crippen molar-refractivity contribution in [3.63, 3.8) is 0 Å². The molecular formula is C50H58N6O10. The van der Waals surface area contributed by atoms with Gasteiger partial charge in [-0.25, -0.2) is 19.2 Å². The molecule has 0 unspecified atom stereocenters. The fraction of sp³-hybridized carbons (Fsp3) is 0.360. The third kappa shape index (κ3) is 14.6. The van der Waals surface area contributed by atoms with E-state index < -0.39 is 71.6 Å². The second-order valence-corrected chi connectivity index (χ2v) is 18.2. The summed E-state index contributed by atoms with van der Waals surface area (Å²) in [4.78, 5) is 81.5. The Kier molecular flexibility index (Phi) is 15.7. The van der Waals surface area contributed by atoms with Gasteiger partial charge in [-0.15, -0.1) is 0 Å². The number of nitrogens with zero attached hydrogens (tertiary/aromatic N) is 2. The van der Waals surface area contributed by atoms with Crippen molar-refractivity contribution >= 4 is 59.7 Å². The first-order valence-electron chi connectivity index (χ1n) is 21.8. The first-order valence-corrected chi connectivity index (χ1v) is 21.8. The summed E-state index contributed by atoms with van der Waals surface area (Å²) in [6, 6.07) is 30.7. The Hall–Kier alpha value is -7.36. The highest BCUT2D eigenvalue weighted by Crippen LogP contribution is 2.26. The van der Waals surface area contributed by atoms with Gasteiger partial charge < -0.3 is 40.2 Å². The van der Waals surface area contributed by atoms with Crippen molar-refractivity contribution in [1.29, 1.82) is 0 Å². The Morgan fingerprint density at radius 1 is 0.530 bits per heavy atom. The summed E-state index contributed by atoms with van der Waals surface area (Å²) in [7, 11) is 0. The van der Waals surface area contributed by atoms with Crippen LogP contribution < -0.4 is 21.3 Å². The average Bonchev–Trinajstić information content (AvgIpc) is 3.89. The van der Waals surface area contributed by atoms with Crippen LogP contribution in [-0.2, 0) is 41.8 Å². The largest absolute Gasteiger partial charge is 0.445 e. The monoisotopic (exact) mass is 902 g/mol. The van der Waals surface area contributed by atoms with Crippen molar-refractivity contribution in [2.75, 3.05) is 23.7 Å². The summed E-state index contributed by atoms with van der Waals surface area (Å²) in [6.07, 6.45) is -0.196. The summed E-state index contributed by atoms with van der Waals surface area (Å²) < 4.78 is 22.3. The van der Waals surface area contributed by atoms with E-state index in [1.54, 1.807) is 24.3 Å². The smallest absolute Gasteiger partial charge is 0.410 e. The van der Waals surface area contributed by atoms with E-state index in [2.05, 4.69) is 21.3 Å². The SMILES string of the molecule is CC(C)(C)NC(=O)O[C@@H]1C[C@@H](C(=O)Nc2ccc(/C=C/c3ccc(NC(=O)[C@@H]4C[C@@H](OC(=O)NC(C)(C)C)CN4C(=O)OCc4ccccc4)cc3)cc2)N(C(=O)OCc2ccccc2)C1. The average molecular weight is 903 g/mol. The lowest BCUT2D eigenvalue weighted by molar-refractivity contribution is -0.120. The fourth-order valence-corrected chi connectivity index (χ4v) is 7.24. The van der Waals surface area contributed by atoms with Gasteiger partial charge in [-0.3, -0.25) is 19.4 Å². The Morgan fingerprint density at radius 3 is 1.21 bits per heavy atom. The highest BCUT2D eigenvalue weighted by atomic mass is 16.6. The number of hydrogen-bond acceptors (Lipinski definition) is 10. The standard InChI is InChI=1S/C50H58N6O10/c1-49(2,3)53-45(59)65-39-27-41(55(29-39)47(61)63-31-35-13-9-7-10-14-35)43(57)51-37-23-19-33(20-24-37)17-18-34-21-25-38(26-22-34)52-44(58)42-28-40(66-46(60)54-50(4,5)6)30-56(42)48(62)64-32-36-15-11-8-12-16-36/h7-26,39-42H,27-32H2,1-6H3,(H,51,57)(H,52,58)(H,53,59)(H,54,60)/b18-17+/t39-,40-,41+,42+/m1/s1. The minimum atomic E-state index is -0.955. The molecule has 0 aromatic heterocycles. The van der Waals surface area contributed by atoms with Crippen LogP contribution in [0.15, 0.2) is 109 Å². The Morgan fingerprint density at radius 2 is 0.879 bits per heavy atom. The van der Waals surface area contributed by atoms with E-state index in [1.807, 2.05) is 139 Å². The summed E-state index contributed by atoms with van der Waals surface area (Å²) >= 11 is 0. The van der Waals surface area contributed by atoms with Crippen molar-refractivity contribution in [2.45, 2.75) is 103 Å². The number of anilines is 2. The minimum absolute atomic E-state index is 0.0133. The molecule has 66 heavy (non-hydrogen) atoms. The van der Waals surface area contributed by atoms with Crippen molar-refractivity contribution in [3.8, 4) is 0 Å². The molecule has 0 spiro atoms. The number of carbonyl (C=O) groups is 6. The highest BCUT2D eigenvalue weighted by molar-refractivity contribution is 5.98. The molecule has 348 valence electrons. The molecule has 0 radical (unpaired) electrons. The number of hydrogen-bond donors (Lipinski definition) is 4. The van der Waals surface area contributed by atoms with Crippen molar-refractivity contribution in [2.24, 2.45) is 0 Å². The maximum absolute atomic E-state index is 13.6. The van der Waals surface area contributed by atoms with Gasteiger partial charge >= 0.3 is 24.4 Å². The molecule has 16 nitrogen and oxygen atoms in total. The molecule has 4 aromatic carbocycles. The molecule has 2 saturated heterocycles.